The highest BCUT2D eigenvalue weighted by molar-refractivity contribution is 5.78. The van der Waals surface area contributed by atoms with Crippen molar-refractivity contribution in [3.63, 3.8) is 0 Å². The van der Waals surface area contributed by atoms with Gasteiger partial charge in [0, 0.05) is 17.8 Å². The summed E-state index contributed by atoms with van der Waals surface area (Å²) in [5, 5.41) is 0. The fraction of sp³-hybridized carbons (Fsp3) is 0.333. The highest BCUT2D eigenvalue weighted by Crippen LogP contribution is 2.23. The lowest BCUT2D eigenvalue weighted by Gasteiger charge is -2.27. The van der Waals surface area contributed by atoms with Crippen LogP contribution in [0.4, 0.5) is 0 Å². The zero-order valence-corrected chi connectivity index (χ0v) is 14.2. The van der Waals surface area contributed by atoms with Gasteiger partial charge < -0.3 is 9.64 Å². The van der Waals surface area contributed by atoms with Crippen molar-refractivity contribution < 1.29 is 9.53 Å². The molecule has 0 N–H and O–H groups in total. The van der Waals surface area contributed by atoms with E-state index in [1.54, 1.807) is 24.5 Å². The molecule has 1 saturated carbocycles. The Kier molecular flexibility index (Phi) is 6.06. The molecule has 0 bridgehead atoms. The molecule has 3 rings (SSSR count). The number of hydrogen-bond acceptors (Lipinski definition) is 3. The maximum Gasteiger partial charge on any atom is 0.261 e. The van der Waals surface area contributed by atoms with Gasteiger partial charge in [0.1, 0.15) is 5.75 Å². The van der Waals surface area contributed by atoms with Crippen molar-refractivity contribution in [2.45, 2.75) is 31.7 Å². The van der Waals surface area contributed by atoms with Crippen molar-refractivity contribution in [1.82, 2.24) is 9.88 Å². The number of ether oxygens (including phenoxy) is 1. The van der Waals surface area contributed by atoms with Gasteiger partial charge in [-0.2, -0.15) is 0 Å². The van der Waals surface area contributed by atoms with Crippen LogP contribution >= 0.6 is 0 Å². The number of amides is 1. The fourth-order valence-electron chi connectivity index (χ4n) is 3.05. The van der Waals surface area contributed by atoms with Crippen LogP contribution in [0.25, 0.3) is 0 Å². The highest BCUT2D eigenvalue weighted by atomic mass is 16.5. The lowest BCUT2D eigenvalue weighted by atomic mass is 10.2. The Bertz CT molecular complexity index is 729. The summed E-state index contributed by atoms with van der Waals surface area (Å²) in [6.45, 7) is 0.462. The molecule has 4 nitrogen and oxygen atoms in total. The van der Waals surface area contributed by atoms with Crippen molar-refractivity contribution in [3.8, 4) is 17.6 Å². The number of carbonyl (C=O) groups excluding carboxylic acids is 1. The van der Waals surface area contributed by atoms with Crippen LogP contribution in [0.5, 0.6) is 5.75 Å². The lowest BCUT2D eigenvalue weighted by Crippen LogP contribution is -2.41. The summed E-state index contributed by atoms with van der Waals surface area (Å²) in [6.07, 6.45) is 7.73. The normalized spacial score (nSPS) is 13.8. The first-order valence-corrected chi connectivity index (χ1v) is 8.69. The standard InChI is InChI=1S/C21H22N2O2/c24-21(17-25-20-13-6-14-22-16-20)23(19-11-4-5-12-19)15-7-10-18-8-2-1-3-9-18/h1-3,6,8-9,13-14,16,19H,4-5,11-12,15,17H2. The van der Waals surface area contributed by atoms with Crippen LogP contribution in [0, 0.1) is 11.8 Å². The molecule has 0 unspecified atom stereocenters. The average molecular weight is 334 g/mol. The van der Waals surface area contributed by atoms with Crippen molar-refractivity contribution in [2.24, 2.45) is 0 Å². The third-order valence-electron chi connectivity index (χ3n) is 4.34. The van der Waals surface area contributed by atoms with Crippen LogP contribution in [-0.2, 0) is 4.79 Å². The molecule has 128 valence electrons. The van der Waals surface area contributed by atoms with E-state index in [4.69, 9.17) is 4.74 Å². The van der Waals surface area contributed by atoms with Crippen molar-refractivity contribution in [1.29, 1.82) is 0 Å². The monoisotopic (exact) mass is 334 g/mol. The quantitative estimate of drug-likeness (QED) is 0.788. The first-order chi connectivity index (χ1) is 12.3. The van der Waals surface area contributed by atoms with Gasteiger partial charge in [-0.15, -0.1) is 0 Å². The number of pyridine rings is 1. The Hall–Kier alpha value is -2.80. The van der Waals surface area contributed by atoms with E-state index in [1.807, 2.05) is 35.2 Å². The fourth-order valence-corrected chi connectivity index (χ4v) is 3.05. The summed E-state index contributed by atoms with van der Waals surface area (Å²) in [7, 11) is 0. The van der Waals surface area contributed by atoms with Crippen LogP contribution in [0.15, 0.2) is 54.9 Å². The van der Waals surface area contributed by atoms with Gasteiger partial charge in [0.2, 0.25) is 0 Å². The second-order valence-corrected chi connectivity index (χ2v) is 6.11. The van der Waals surface area contributed by atoms with Gasteiger partial charge in [0.15, 0.2) is 6.61 Å². The number of aromatic nitrogens is 1. The second-order valence-electron chi connectivity index (χ2n) is 6.11. The summed E-state index contributed by atoms with van der Waals surface area (Å²) >= 11 is 0. The summed E-state index contributed by atoms with van der Waals surface area (Å²) < 4.78 is 5.57. The van der Waals surface area contributed by atoms with Gasteiger partial charge in [-0.25, -0.2) is 0 Å². The molecule has 2 aromatic rings. The van der Waals surface area contributed by atoms with Crippen LogP contribution < -0.4 is 4.74 Å². The van der Waals surface area contributed by atoms with Gasteiger partial charge in [0.05, 0.1) is 12.7 Å². The molecule has 4 heteroatoms. The topological polar surface area (TPSA) is 42.4 Å². The van der Waals surface area contributed by atoms with Crippen LogP contribution in [0.1, 0.15) is 31.2 Å². The van der Waals surface area contributed by atoms with E-state index < -0.39 is 0 Å². The van der Waals surface area contributed by atoms with E-state index in [0.717, 1.165) is 18.4 Å². The zero-order chi connectivity index (χ0) is 17.3. The summed E-state index contributed by atoms with van der Waals surface area (Å²) in [4.78, 5) is 18.5. The third kappa shape index (κ3) is 5.09. The summed E-state index contributed by atoms with van der Waals surface area (Å²) in [6, 6.07) is 13.7. The van der Waals surface area contributed by atoms with E-state index in [9.17, 15) is 4.79 Å². The van der Waals surface area contributed by atoms with Crippen molar-refractivity contribution in [2.75, 3.05) is 13.2 Å². The molecule has 1 heterocycles. The summed E-state index contributed by atoms with van der Waals surface area (Å²) in [5.74, 6) is 6.87. The third-order valence-corrected chi connectivity index (χ3v) is 4.34. The molecule has 1 aromatic heterocycles. The lowest BCUT2D eigenvalue weighted by molar-refractivity contribution is -0.134. The Labute approximate surface area is 148 Å². The van der Waals surface area contributed by atoms with Gasteiger partial charge in [-0.05, 0) is 37.1 Å². The van der Waals surface area contributed by atoms with Crippen molar-refractivity contribution >= 4 is 5.91 Å². The largest absolute Gasteiger partial charge is 0.482 e. The smallest absolute Gasteiger partial charge is 0.261 e. The van der Waals surface area contributed by atoms with E-state index in [2.05, 4.69) is 16.8 Å². The molecule has 1 aliphatic rings. The van der Waals surface area contributed by atoms with E-state index in [-0.39, 0.29) is 18.6 Å². The molecule has 0 radical (unpaired) electrons. The van der Waals surface area contributed by atoms with Gasteiger partial charge in [-0.1, -0.05) is 42.9 Å². The van der Waals surface area contributed by atoms with Gasteiger partial charge in [-0.3, -0.25) is 9.78 Å². The molecule has 1 amide bonds. The van der Waals surface area contributed by atoms with Crippen LogP contribution in [-0.4, -0.2) is 35.0 Å². The number of benzene rings is 1. The predicted octanol–water partition coefficient (Wildman–Crippen LogP) is 3.28. The average Bonchev–Trinajstić information content (AvgIpc) is 3.19. The highest BCUT2D eigenvalue weighted by Gasteiger charge is 2.26. The minimum absolute atomic E-state index is 0.0156. The molecule has 0 spiro atoms. The maximum atomic E-state index is 12.7. The molecule has 1 fully saturated rings. The van der Waals surface area contributed by atoms with Gasteiger partial charge >= 0.3 is 0 Å². The maximum absolute atomic E-state index is 12.7. The predicted molar refractivity (Wildman–Crippen MR) is 97.0 cm³/mol. The van der Waals surface area contributed by atoms with E-state index in [1.165, 1.54) is 12.8 Å². The zero-order valence-electron chi connectivity index (χ0n) is 14.2. The number of carbonyl (C=O) groups is 1. The van der Waals surface area contributed by atoms with Gasteiger partial charge in [0.25, 0.3) is 5.91 Å². The Morgan fingerprint density at radius 2 is 1.96 bits per heavy atom. The Balaban J connectivity index is 1.62. The first-order valence-electron chi connectivity index (χ1n) is 8.69. The van der Waals surface area contributed by atoms with E-state index >= 15 is 0 Å². The molecule has 25 heavy (non-hydrogen) atoms. The van der Waals surface area contributed by atoms with Crippen LogP contribution in [0.2, 0.25) is 0 Å². The molecular weight excluding hydrogens is 312 g/mol. The van der Waals surface area contributed by atoms with Crippen LogP contribution in [0.3, 0.4) is 0 Å². The molecule has 1 aliphatic carbocycles. The SMILES string of the molecule is O=C(COc1cccnc1)N(CC#Cc1ccccc1)C1CCCC1. The number of nitrogens with zero attached hydrogens (tertiary/aromatic N) is 2. The molecule has 0 saturated heterocycles. The molecule has 0 aliphatic heterocycles. The Morgan fingerprint density at radius 3 is 2.68 bits per heavy atom. The molecule has 1 aromatic carbocycles. The minimum atomic E-state index is -0.0156. The number of hydrogen-bond donors (Lipinski definition) is 0. The number of rotatable bonds is 5. The molecule has 0 atom stereocenters. The summed E-state index contributed by atoms with van der Waals surface area (Å²) in [5.41, 5.74) is 0.966. The second kappa shape index (κ2) is 8.89. The van der Waals surface area contributed by atoms with Crippen molar-refractivity contribution in [3.05, 3.63) is 60.4 Å². The minimum Gasteiger partial charge on any atom is -0.482 e. The van der Waals surface area contributed by atoms with E-state index in [0.29, 0.717) is 12.3 Å². The first kappa shape index (κ1) is 17.0. The molecular formula is C21H22N2O2. The Morgan fingerprint density at radius 1 is 1.16 bits per heavy atom.